The maximum absolute atomic E-state index is 11.9. The lowest BCUT2D eigenvalue weighted by molar-refractivity contribution is -0.272. The summed E-state index contributed by atoms with van der Waals surface area (Å²) in [7, 11) is 1.48. The van der Waals surface area contributed by atoms with Crippen LogP contribution in [0.3, 0.4) is 0 Å². The van der Waals surface area contributed by atoms with Crippen molar-refractivity contribution < 1.29 is 62.8 Å². The van der Waals surface area contributed by atoms with Crippen molar-refractivity contribution >= 4 is 12.0 Å². The Morgan fingerprint density at radius 2 is 1.77 bits per heavy atom. The molecule has 2 saturated heterocycles. The van der Waals surface area contributed by atoms with Gasteiger partial charge in [0.2, 0.25) is 5.91 Å². The van der Waals surface area contributed by atoms with Gasteiger partial charge in [-0.1, -0.05) is 0 Å². The quantitative estimate of drug-likeness (QED) is 0.0982. The number of hydrogen-bond acceptors (Lipinski definition) is 13. The van der Waals surface area contributed by atoms with Crippen LogP contribution < -0.4 is 10.6 Å². The Balaban J connectivity index is 1.49. The van der Waals surface area contributed by atoms with E-state index >= 15 is 0 Å². The zero-order valence-electron chi connectivity index (χ0n) is 23.0. The lowest BCUT2D eigenvalue weighted by atomic mass is 9.97. The van der Waals surface area contributed by atoms with Crippen molar-refractivity contribution in [2.75, 3.05) is 66.5 Å². The van der Waals surface area contributed by atoms with Crippen LogP contribution in [0.4, 0.5) is 4.79 Å². The minimum Gasteiger partial charge on any atom is -0.444 e. The highest BCUT2D eigenvalue weighted by Crippen LogP contribution is 2.27. The first-order chi connectivity index (χ1) is 18.6. The molecule has 0 aliphatic carbocycles. The predicted molar refractivity (Wildman–Crippen MR) is 133 cm³/mol. The number of hydrogen-bond donors (Lipinski definition) is 5. The third-order valence-electron chi connectivity index (χ3n) is 5.99. The van der Waals surface area contributed by atoms with Gasteiger partial charge >= 0.3 is 6.09 Å². The van der Waals surface area contributed by atoms with Crippen LogP contribution in [0.5, 0.6) is 0 Å². The highest BCUT2D eigenvalue weighted by molar-refractivity contribution is 5.73. The lowest BCUT2D eigenvalue weighted by Crippen LogP contribution is -2.64. The molecule has 2 amide bonds. The zero-order chi connectivity index (χ0) is 28.8. The van der Waals surface area contributed by atoms with E-state index < -0.39 is 55.5 Å². The maximum Gasteiger partial charge on any atom is 0.407 e. The maximum atomic E-state index is 11.9. The summed E-state index contributed by atoms with van der Waals surface area (Å²) in [5, 5.41) is 34.6. The number of rotatable bonds is 17. The fraction of sp³-hybridized carbons (Fsp3) is 0.917. The van der Waals surface area contributed by atoms with E-state index in [0.29, 0.717) is 6.61 Å². The molecule has 0 aromatic carbocycles. The number of alkyl carbamates (subject to hydrolysis) is 1. The average Bonchev–Trinajstić information content (AvgIpc) is 3.24. The topological polar surface area (TPSA) is 193 Å². The number of aliphatic hydroxyl groups is 3. The minimum absolute atomic E-state index is 0.0618. The van der Waals surface area contributed by atoms with E-state index in [4.69, 9.17) is 37.9 Å². The molecule has 2 aliphatic rings. The SMILES string of the molecule is COC(COC(=O)NCCOCCOCCOC1OC(CO)C(O)C(O)C1NC(C)=O)OC1COC(C)(C)C1. The van der Waals surface area contributed by atoms with Crippen LogP contribution in [-0.4, -0.2) is 142 Å². The van der Waals surface area contributed by atoms with Gasteiger partial charge in [0.25, 0.3) is 0 Å². The summed E-state index contributed by atoms with van der Waals surface area (Å²) < 4.78 is 43.5. The van der Waals surface area contributed by atoms with Crippen LogP contribution >= 0.6 is 0 Å². The van der Waals surface area contributed by atoms with Gasteiger partial charge in [0.05, 0.1) is 58.0 Å². The third kappa shape index (κ3) is 12.2. The van der Waals surface area contributed by atoms with E-state index in [1.165, 1.54) is 14.0 Å². The van der Waals surface area contributed by atoms with Gasteiger partial charge in [-0.25, -0.2) is 4.79 Å². The van der Waals surface area contributed by atoms with Gasteiger partial charge in [-0.15, -0.1) is 0 Å². The Morgan fingerprint density at radius 3 is 2.38 bits per heavy atom. The molecule has 7 unspecified atom stereocenters. The van der Waals surface area contributed by atoms with E-state index in [0.717, 1.165) is 6.42 Å². The van der Waals surface area contributed by atoms with Crippen molar-refractivity contribution in [3.63, 3.8) is 0 Å². The minimum atomic E-state index is -1.38. The molecule has 2 rings (SSSR count). The van der Waals surface area contributed by atoms with Gasteiger partial charge < -0.3 is 63.8 Å². The standard InChI is InChI=1S/C24H44N2O13/c1-15(28)26-19-21(30)20(29)17(12-27)39-22(19)35-10-9-34-8-7-33-6-5-25-23(31)36-14-18(32-4)38-16-11-24(2,3)37-13-16/h16-22,27,29-30H,5-14H2,1-4H3,(H,25,31)(H,26,28). The van der Waals surface area contributed by atoms with Crippen molar-refractivity contribution in [2.24, 2.45) is 0 Å². The molecule has 0 bridgehead atoms. The fourth-order valence-corrected chi connectivity index (χ4v) is 4.03. The Morgan fingerprint density at radius 1 is 1.08 bits per heavy atom. The zero-order valence-corrected chi connectivity index (χ0v) is 23.0. The van der Waals surface area contributed by atoms with Gasteiger partial charge in [0.1, 0.15) is 31.0 Å². The molecule has 0 aromatic heterocycles. The Labute approximate surface area is 228 Å². The molecular formula is C24H44N2O13. The third-order valence-corrected chi connectivity index (χ3v) is 5.99. The molecule has 5 N–H and O–H groups in total. The number of aliphatic hydroxyl groups excluding tert-OH is 3. The number of amides is 2. The van der Waals surface area contributed by atoms with Gasteiger partial charge in [0, 0.05) is 27.0 Å². The number of nitrogens with one attached hydrogen (secondary N) is 2. The Hall–Kier alpha value is -1.66. The lowest BCUT2D eigenvalue weighted by Gasteiger charge is -2.42. The molecule has 39 heavy (non-hydrogen) atoms. The smallest absolute Gasteiger partial charge is 0.407 e. The molecule has 0 aromatic rings. The summed E-state index contributed by atoms with van der Waals surface area (Å²) in [5.74, 6) is -0.436. The summed E-state index contributed by atoms with van der Waals surface area (Å²) in [6.07, 6.45) is -5.60. The molecule has 0 spiro atoms. The van der Waals surface area contributed by atoms with Gasteiger partial charge in [0.15, 0.2) is 12.6 Å². The first-order valence-electron chi connectivity index (χ1n) is 13.0. The highest BCUT2D eigenvalue weighted by Gasteiger charge is 2.45. The first kappa shape index (κ1) is 33.5. The van der Waals surface area contributed by atoms with Crippen LogP contribution in [0.2, 0.25) is 0 Å². The van der Waals surface area contributed by atoms with Crippen LogP contribution in [0.25, 0.3) is 0 Å². The Bertz CT molecular complexity index is 728. The largest absolute Gasteiger partial charge is 0.444 e. The highest BCUT2D eigenvalue weighted by atomic mass is 16.7. The predicted octanol–water partition coefficient (Wildman–Crippen LogP) is -1.74. The molecule has 15 nitrogen and oxygen atoms in total. The van der Waals surface area contributed by atoms with Gasteiger partial charge in [-0.2, -0.15) is 0 Å². The van der Waals surface area contributed by atoms with Crippen molar-refractivity contribution in [1.82, 2.24) is 10.6 Å². The summed E-state index contributed by atoms with van der Waals surface area (Å²) in [4.78, 5) is 23.3. The van der Waals surface area contributed by atoms with Crippen LogP contribution in [0.15, 0.2) is 0 Å². The van der Waals surface area contributed by atoms with E-state index in [1.54, 1.807) is 0 Å². The number of carbonyl (C=O) groups excluding carboxylic acids is 2. The molecular weight excluding hydrogens is 524 g/mol. The summed E-state index contributed by atoms with van der Waals surface area (Å²) in [6.45, 7) is 6.32. The summed E-state index contributed by atoms with van der Waals surface area (Å²) in [5.41, 5.74) is -0.247. The van der Waals surface area contributed by atoms with E-state index in [1.807, 2.05) is 13.8 Å². The van der Waals surface area contributed by atoms with Crippen LogP contribution in [0, 0.1) is 0 Å². The van der Waals surface area contributed by atoms with Crippen molar-refractivity contribution in [3.05, 3.63) is 0 Å². The molecule has 2 fully saturated rings. The number of carbonyl (C=O) groups is 2. The molecule has 228 valence electrons. The fourth-order valence-electron chi connectivity index (χ4n) is 4.03. The monoisotopic (exact) mass is 568 g/mol. The second-order valence-corrected chi connectivity index (χ2v) is 9.75. The number of ether oxygens (including phenoxy) is 8. The second-order valence-electron chi connectivity index (χ2n) is 9.75. The van der Waals surface area contributed by atoms with Gasteiger partial charge in [-0.05, 0) is 13.8 Å². The molecule has 0 saturated carbocycles. The normalized spacial score (nSPS) is 29.1. The molecule has 15 heteroatoms. The Kier molecular flexibility index (Phi) is 14.8. The van der Waals surface area contributed by atoms with Crippen LogP contribution in [0.1, 0.15) is 27.2 Å². The van der Waals surface area contributed by atoms with E-state index in [-0.39, 0.29) is 57.9 Å². The van der Waals surface area contributed by atoms with E-state index in [2.05, 4.69) is 10.6 Å². The van der Waals surface area contributed by atoms with Crippen LogP contribution in [-0.2, 0) is 42.7 Å². The molecule has 2 aliphatic heterocycles. The average molecular weight is 569 g/mol. The van der Waals surface area contributed by atoms with Crippen molar-refractivity contribution in [1.29, 1.82) is 0 Å². The summed E-state index contributed by atoms with van der Waals surface area (Å²) in [6, 6.07) is -1.01. The van der Waals surface area contributed by atoms with Crippen molar-refractivity contribution in [3.8, 4) is 0 Å². The second kappa shape index (κ2) is 17.2. The van der Waals surface area contributed by atoms with Gasteiger partial charge in [-0.3, -0.25) is 4.79 Å². The molecule has 2 heterocycles. The molecule has 0 radical (unpaired) electrons. The van der Waals surface area contributed by atoms with E-state index in [9.17, 15) is 24.9 Å². The molecule has 7 atom stereocenters. The summed E-state index contributed by atoms with van der Waals surface area (Å²) >= 11 is 0. The van der Waals surface area contributed by atoms with Crippen molar-refractivity contribution in [2.45, 2.75) is 75.8 Å². The first-order valence-corrected chi connectivity index (χ1v) is 13.0. The number of methoxy groups -OCH3 is 1.